The fourth-order valence-electron chi connectivity index (χ4n) is 1.33. The topological polar surface area (TPSA) is 37.9 Å². The molecule has 82 valence electrons. The van der Waals surface area contributed by atoms with E-state index in [0.717, 1.165) is 0 Å². The molecule has 0 aliphatic carbocycles. The lowest BCUT2D eigenvalue weighted by molar-refractivity contribution is 0.386. The van der Waals surface area contributed by atoms with Crippen molar-refractivity contribution >= 4 is 12.2 Å². The summed E-state index contributed by atoms with van der Waals surface area (Å²) >= 11 is 4.87. The van der Waals surface area contributed by atoms with E-state index in [2.05, 4.69) is 10.2 Å². The van der Waals surface area contributed by atoms with E-state index in [-0.39, 0.29) is 5.75 Å². The van der Waals surface area contributed by atoms with E-state index in [9.17, 15) is 4.39 Å². The smallest absolute Gasteiger partial charge is 0.165 e. The maximum Gasteiger partial charge on any atom is 0.165 e. The number of hydrogen-bond acceptors (Lipinski definition) is 3. The van der Waals surface area contributed by atoms with Gasteiger partial charge in [-0.25, -0.2) is 4.39 Å². The summed E-state index contributed by atoms with van der Waals surface area (Å²) in [5, 5.41) is 6.67. The Morgan fingerprint density at radius 1 is 1.31 bits per heavy atom. The molecule has 0 spiro atoms. The Bertz CT molecular complexity index is 548. The van der Waals surface area contributed by atoms with Crippen LogP contribution in [0.15, 0.2) is 30.3 Å². The molecule has 0 amide bonds. The lowest BCUT2D eigenvalue weighted by atomic mass is 10.1. The highest BCUT2D eigenvalue weighted by molar-refractivity contribution is 7.71. The number of methoxy groups -OCH3 is 1. The van der Waals surface area contributed by atoms with Crippen LogP contribution < -0.4 is 4.74 Å². The summed E-state index contributed by atoms with van der Waals surface area (Å²) in [6.07, 6.45) is 0. The maximum atomic E-state index is 13.4. The van der Waals surface area contributed by atoms with Crippen molar-refractivity contribution in [2.75, 3.05) is 7.11 Å². The quantitative estimate of drug-likeness (QED) is 0.815. The van der Waals surface area contributed by atoms with E-state index in [0.29, 0.717) is 15.9 Å². The van der Waals surface area contributed by atoms with Gasteiger partial charge in [-0.05, 0) is 30.3 Å². The van der Waals surface area contributed by atoms with Crippen LogP contribution in [0.2, 0.25) is 0 Å². The number of H-pyrrole nitrogens is 1. The van der Waals surface area contributed by atoms with E-state index < -0.39 is 5.82 Å². The van der Waals surface area contributed by atoms with Crippen molar-refractivity contribution in [1.29, 1.82) is 0 Å². The highest BCUT2D eigenvalue weighted by Gasteiger charge is 2.05. The maximum absolute atomic E-state index is 13.4. The minimum absolute atomic E-state index is 0.215. The molecule has 1 heterocycles. The molecule has 0 unspecified atom stereocenters. The first-order chi connectivity index (χ1) is 7.70. The van der Waals surface area contributed by atoms with Crippen molar-refractivity contribution in [2.45, 2.75) is 0 Å². The number of nitrogens with one attached hydrogen (secondary N) is 1. The van der Waals surface area contributed by atoms with E-state index in [1.165, 1.54) is 13.2 Å². The Labute approximate surface area is 96.9 Å². The van der Waals surface area contributed by atoms with Gasteiger partial charge in [0.05, 0.1) is 12.8 Å². The third kappa shape index (κ3) is 2.09. The molecular formula is C11H9FN2OS. The highest BCUT2D eigenvalue weighted by atomic mass is 32.1. The van der Waals surface area contributed by atoms with E-state index in [1.54, 1.807) is 24.3 Å². The van der Waals surface area contributed by atoms with Gasteiger partial charge in [-0.1, -0.05) is 12.2 Å². The van der Waals surface area contributed by atoms with Gasteiger partial charge in [0.25, 0.3) is 0 Å². The van der Waals surface area contributed by atoms with Crippen molar-refractivity contribution in [3.63, 3.8) is 0 Å². The standard InChI is InChI=1S/C11H9FN2OS/c1-15-10-4-2-7(6-8(10)12)9-3-5-11(16)14-13-9/h2-6H,1H3,(H,14,16). The minimum atomic E-state index is -0.413. The van der Waals surface area contributed by atoms with Gasteiger partial charge in [0.1, 0.15) is 4.64 Å². The molecule has 1 aromatic carbocycles. The van der Waals surface area contributed by atoms with Gasteiger partial charge in [-0.2, -0.15) is 5.10 Å². The van der Waals surface area contributed by atoms with Crippen molar-refractivity contribution in [1.82, 2.24) is 10.2 Å². The monoisotopic (exact) mass is 236 g/mol. The van der Waals surface area contributed by atoms with Crippen LogP contribution in [-0.2, 0) is 0 Å². The van der Waals surface area contributed by atoms with Crippen LogP contribution in [0.25, 0.3) is 11.3 Å². The minimum Gasteiger partial charge on any atom is -0.494 e. The van der Waals surface area contributed by atoms with Gasteiger partial charge < -0.3 is 4.74 Å². The zero-order valence-electron chi connectivity index (χ0n) is 8.53. The molecule has 0 atom stereocenters. The summed E-state index contributed by atoms with van der Waals surface area (Å²) in [4.78, 5) is 0. The number of hydrogen-bond donors (Lipinski definition) is 1. The van der Waals surface area contributed by atoms with Crippen LogP contribution in [0.4, 0.5) is 4.39 Å². The first-order valence-electron chi connectivity index (χ1n) is 4.60. The van der Waals surface area contributed by atoms with Crippen LogP contribution in [0.5, 0.6) is 5.75 Å². The number of nitrogens with zero attached hydrogens (tertiary/aromatic N) is 1. The average molecular weight is 236 g/mol. The molecule has 2 rings (SSSR count). The number of halogens is 1. The summed E-state index contributed by atoms with van der Waals surface area (Å²) < 4.78 is 18.8. The first-order valence-corrected chi connectivity index (χ1v) is 5.01. The number of benzene rings is 1. The lowest BCUT2D eigenvalue weighted by Crippen LogP contribution is -1.91. The fraction of sp³-hybridized carbons (Fsp3) is 0.0909. The van der Waals surface area contributed by atoms with Crippen LogP contribution in [0.1, 0.15) is 0 Å². The van der Waals surface area contributed by atoms with Gasteiger partial charge in [0, 0.05) is 5.56 Å². The molecule has 3 nitrogen and oxygen atoms in total. The molecule has 0 saturated heterocycles. The summed E-state index contributed by atoms with van der Waals surface area (Å²) in [6.45, 7) is 0. The molecular weight excluding hydrogens is 227 g/mol. The SMILES string of the molecule is COc1ccc(-c2ccc(=S)[nH]n2)cc1F. The Balaban J connectivity index is 2.45. The fourth-order valence-corrected chi connectivity index (χ4v) is 1.44. The molecule has 16 heavy (non-hydrogen) atoms. The summed E-state index contributed by atoms with van der Waals surface area (Å²) in [5.74, 6) is -0.197. The number of rotatable bonds is 2. The van der Waals surface area contributed by atoms with E-state index in [1.807, 2.05) is 0 Å². The predicted molar refractivity (Wildman–Crippen MR) is 61.4 cm³/mol. The third-order valence-corrected chi connectivity index (χ3v) is 2.35. The summed E-state index contributed by atoms with van der Waals surface area (Å²) in [5.41, 5.74) is 1.31. The Kier molecular flexibility index (Phi) is 2.96. The number of aromatic amines is 1. The van der Waals surface area contributed by atoms with Gasteiger partial charge in [0.2, 0.25) is 0 Å². The average Bonchev–Trinajstić information content (AvgIpc) is 2.30. The van der Waals surface area contributed by atoms with Crippen molar-refractivity contribution in [3.05, 3.63) is 40.8 Å². The molecule has 0 aliphatic heterocycles. The van der Waals surface area contributed by atoms with Crippen LogP contribution >= 0.6 is 12.2 Å². The molecule has 0 saturated carbocycles. The Morgan fingerprint density at radius 3 is 2.69 bits per heavy atom. The first kappa shape index (κ1) is 10.8. The zero-order valence-corrected chi connectivity index (χ0v) is 9.34. The Morgan fingerprint density at radius 2 is 2.12 bits per heavy atom. The van der Waals surface area contributed by atoms with E-state index in [4.69, 9.17) is 17.0 Å². The second kappa shape index (κ2) is 4.40. The number of aromatic nitrogens is 2. The number of ether oxygens (including phenoxy) is 1. The molecule has 5 heteroatoms. The summed E-state index contributed by atoms with van der Waals surface area (Å²) in [6, 6.07) is 8.12. The van der Waals surface area contributed by atoms with Gasteiger partial charge in [-0.15, -0.1) is 0 Å². The molecule has 1 aromatic heterocycles. The van der Waals surface area contributed by atoms with Crippen LogP contribution in [-0.4, -0.2) is 17.3 Å². The molecule has 0 fully saturated rings. The molecule has 0 radical (unpaired) electrons. The molecule has 2 aromatic rings. The summed E-state index contributed by atoms with van der Waals surface area (Å²) in [7, 11) is 1.43. The van der Waals surface area contributed by atoms with E-state index >= 15 is 0 Å². The molecule has 0 bridgehead atoms. The predicted octanol–water partition coefficient (Wildman–Crippen LogP) is 2.95. The van der Waals surface area contributed by atoms with Crippen LogP contribution in [0.3, 0.4) is 0 Å². The van der Waals surface area contributed by atoms with Gasteiger partial charge in [-0.3, -0.25) is 5.10 Å². The van der Waals surface area contributed by atoms with Gasteiger partial charge in [0.15, 0.2) is 11.6 Å². The van der Waals surface area contributed by atoms with Crippen LogP contribution in [0, 0.1) is 10.5 Å². The third-order valence-electron chi connectivity index (χ3n) is 2.13. The van der Waals surface area contributed by atoms with Crippen molar-refractivity contribution in [3.8, 4) is 17.0 Å². The molecule has 1 N–H and O–H groups in total. The normalized spacial score (nSPS) is 10.1. The van der Waals surface area contributed by atoms with Crippen molar-refractivity contribution < 1.29 is 9.13 Å². The lowest BCUT2D eigenvalue weighted by Gasteiger charge is -2.04. The highest BCUT2D eigenvalue weighted by Crippen LogP contribution is 2.23. The second-order valence-electron chi connectivity index (χ2n) is 3.16. The Hall–Kier alpha value is -1.75. The zero-order chi connectivity index (χ0) is 11.5. The van der Waals surface area contributed by atoms with Crippen molar-refractivity contribution in [2.24, 2.45) is 0 Å². The molecule has 0 aliphatic rings. The largest absolute Gasteiger partial charge is 0.494 e. The second-order valence-corrected chi connectivity index (χ2v) is 3.60. The van der Waals surface area contributed by atoms with Gasteiger partial charge >= 0.3 is 0 Å².